The topological polar surface area (TPSA) is 84.4 Å². The SMILES string of the molecule is Cc1ccc2c(c1)CCCN2C(=O)CNCc1noc(-c2ccco2)n1. The number of carbonyl (C=O) groups is 1. The first-order valence-corrected chi connectivity index (χ1v) is 8.68. The molecule has 134 valence electrons. The summed E-state index contributed by atoms with van der Waals surface area (Å²) in [5, 5.41) is 6.99. The number of aromatic nitrogens is 2. The molecule has 0 unspecified atom stereocenters. The molecule has 1 N–H and O–H groups in total. The maximum Gasteiger partial charge on any atom is 0.293 e. The molecule has 0 saturated heterocycles. The summed E-state index contributed by atoms with van der Waals surface area (Å²) in [6.45, 7) is 3.40. The van der Waals surface area contributed by atoms with Crippen molar-refractivity contribution in [3.8, 4) is 11.7 Å². The van der Waals surface area contributed by atoms with E-state index < -0.39 is 0 Å². The van der Waals surface area contributed by atoms with Gasteiger partial charge in [0.05, 0.1) is 19.4 Å². The zero-order chi connectivity index (χ0) is 17.9. The van der Waals surface area contributed by atoms with Crippen LogP contribution in [-0.2, 0) is 17.8 Å². The van der Waals surface area contributed by atoms with Crippen LogP contribution in [0.4, 0.5) is 5.69 Å². The van der Waals surface area contributed by atoms with Crippen molar-refractivity contribution in [2.24, 2.45) is 0 Å². The summed E-state index contributed by atoms with van der Waals surface area (Å²) in [4.78, 5) is 18.7. The lowest BCUT2D eigenvalue weighted by atomic mass is 9.99. The van der Waals surface area contributed by atoms with Crippen molar-refractivity contribution in [2.75, 3.05) is 18.0 Å². The van der Waals surface area contributed by atoms with E-state index in [2.05, 4.69) is 28.4 Å². The summed E-state index contributed by atoms with van der Waals surface area (Å²) in [6.07, 6.45) is 3.56. The first-order chi connectivity index (χ1) is 12.7. The van der Waals surface area contributed by atoms with E-state index in [4.69, 9.17) is 8.94 Å². The quantitative estimate of drug-likeness (QED) is 0.760. The van der Waals surface area contributed by atoms with E-state index in [9.17, 15) is 4.79 Å². The molecule has 1 aliphatic heterocycles. The van der Waals surface area contributed by atoms with Crippen molar-refractivity contribution in [1.29, 1.82) is 0 Å². The summed E-state index contributed by atoms with van der Waals surface area (Å²) in [6, 6.07) is 9.76. The molecule has 0 aliphatic carbocycles. The minimum atomic E-state index is 0.0459. The van der Waals surface area contributed by atoms with Gasteiger partial charge < -0.3 is 19.2 Å². The highest BCUT2D eigenvalue weighted by Gasteiger charge is 2.22. The molecule has 7 heteroatoms. The van der Waals surface area contributed by atoms with E-state index in [0.717, 1.165) is 25.1 Å². The number of furan rings is 1. The number of fused-ring (bicyclic) bond motifs is 1. The smallest absolute Gasteiger partial charge is 0.293 e. The number of benzene rings is 1. The number of nitrogens with zero attached hydrogens (tertiary/aromatic N) is 3. The zero-order valence-corrected chi connectivity index (χ0v) is 14.6. The minimum Gasteiger partial charge on any atom is -0.459 e. The maximum absolute atomic E-state index is 12.6. The molecule has 0 radical (unpaired) electrons. The number of amides is 1. The molecule has 26 heavy (non-hydrogen) atoms. The van der Waals surface area contributed by atoms with Gasteiger partial charge in [-0.3, -0.25) is 4.79 Å². The molecule has 4 rings (SSSR count). The summed E-state index contributed by atoms with van der Waals surface area (Å²) in [7, 11) is 0. The van der Waals surface area contributed by atoms with Gasteiger partial charge in [0, 0.05) is 12.2 Å². The Morgan fingerprint density at radius 3 is 3.12 bits per heavy atom. The first kappa shape index (κ1) is 16.5. The molecular weight excluding hydrogens is 332 g/mol. The molecule has 0 saturated carbocycles. The summed E-state index contributed by atoms with van der Waals surface area (Å²) < 4.78 is 10.4. The molecule has 1 aromatic carbocycles. The summed E-state index contributed by atoms with van der Waals surface area (Å²) in [5.74, 6) is 1.39. The van der Waals surface area contributed by atoms with Gasteiger partial charge >= 0.3 is 0 Å². The normalized spacial score (nSPS) is 13.7. The maximum atomic E-state index is 12.6. The molecule has 2 aromatic heterocycles. The average Bonchev–Trinajstić information content (AvgIpc) is 3.32. The van der Waals surface area contributed by atoms with E-state index in [0.29, 0.717) is 24.0 Å². The number of hydrogen-bond acceptors (Lipinski definition) is 6. The Hall–Kier alpha value is -2.93. The predicted molar refractivity (Wildman–Crippen MR) is 95.6 cm³/mol. The monoisotopic (exact) mass is 352 g/mol. The largest absolute Gasteiger partial charge is 0.459 e. The van der Waals surface area contributed by atoms with Crippen molar-refractivity contribution in [1.82, 2.24) is 15.5 Å². The van der Waals surface area contributed by atoms with E-state index in [1.165, 1.54) is 11.1 Å². The Bertz CT molecular complexity index is 901. The molecule has 7 nitrogen and oxygen atoms in total. The summed E-state index contributed by atoms with van der Waals surface area (Å²) in [5.41, 5.74) is 3.49. The van der Waals surface area contributed by atoms with Gasteiger partial charge in [-0.15, -0.1) is 0 Å². The average molecular weight is 352 g/mol. The Kier molecular flexibility index (Phi) is 4.53. The van der Waals surface area contributed by atoms with Gasteiger partial charge in [-0.1, -0.05) is 22.9 Å². The van der Waals surface area contributed by atoms with Crippen LogP contribution in [0.1, 0.15) is 23.4 Å². The van der Waals surface area contributed by atoms with E-state index >= 15 is 0 Å². The third kappa shape index (κ3) is 3.39. The molecule has 0 fully saturated rings. The van der Waals surface area contributed by atoms with Crippen LogP contribution in [0.5, 0.6) is 0 Å². The third-order valence-electron chi connectivity index (χ3n) is 4.41. The molecule has 0 spiro atoms. The highest BCUT2D eigenvalue weighted by atomic mass is 16.5. The van der Waals surface area contributed by atoms with Crippen LogP contribution in [0, 0.1) is 6.92 Å². The standard InChI is InChI=1S/C19H20N4O3/c1-13-6-7-15-14(10-13)4-2-8-23(15)18(24)12-20-11-17-21-19(26-22-17)16-5-3-9-25-16/h3,5-7,9-10,20H,2,4,8,11-12H2,1H3. The van der Waals surface area contributed by atoms with Gasteiger partial charge in [0.2, 0.25) is 5.91 Å². The van der Waals surface area contributed by atoms with Crippen molar-refractivity contribution in [3.05, 3.63) is 53.5 Å². The van der Waals surface area contributed by atoms with Crippen LogP contribution in [0.3, 0.4) is 0 Å². The van der Waals surface area contributed by atoms with E-state index in [1.807, 2.05) is 17.0 Å². The molecule has 0 atom stereocenters. The number of carbonyl (C=O) groups excluding carboxylic acids is 1. The van der Waals surface area contributed by atoms with Gasteiger partial charge in [0.1, 0.15) is 0 Å². The lowest BCUT2D eigenvalue weighted by Gasteiger charge is -2.30. The van der Waals surface area contributed by atoms with Crippen molar-refractivity contribution in [2.45, 2.75) is 26.3 Å². The Balaban J connectivity index is 1.35. The predicted octanol–water partition coefficient (Wildman–Crippen LogP) is 2.71. The lowest BCUT2D eigenvalue weighted by molar-refractivity contribution is -0.117. The van der Waals surface area contributed by atoms with Crippen LogP contribution in [0.25, 0.3) is 11.7 Å². The Morgan fingerprint density at radius 1 is 1.35 bits per heavy atom. The number of hydrogen-bond donors (Lipinski definition) is 1. The molecule has 1 amide bonds. The number of nitrogens with one attached hydrogen (secondary N) is 1. The van der Waals surface area contributed by atoms with Crippen LogP contribution in [-0.4, -0.2) is 29.1 Å². The minimum absolute atomic E-state index is 0.0459. The fourth-order valence-electron chi connectivity index (χ4n) is 3.19. The molecular formula is C19H20N4O3. The summed E-state index contributed by atoms with van der Waals surface area (Å²) >= 11 is 0. The van der Waals surface area contributed by atoms with Gasteiger partial charge in [-0.05, 0) is 43.5 Å². The molecule has 0 bridgehead atoms. The number of aryl methyl sites for hydroxylation is 2. The zero-order valence-electron chi connectivity index (χ0n) is 14.6. The van der Waals surface area contributed by atoms with Crippen LogP contribution in [0.2, 0.25) is 0 Å². The van der Waals surface area contributed by atoms with Crippen LogP contribution in [0.15, 0.2) is 45.5 Å². The lowest BCUT2D eigenvalue weighted by Crippen LogP contribution is -2.41. The molecule has 3 aromatic rings. The second-order valence-corrected chi connectivity index (χ2v) is 6.38. The van der Waals surface area contributed by atoms with Crippen molar-refractivity contribution >= 4 is 11.6 Å². The van der Waals surface area contributed by atoms with E-state index in [1.54, 1.807) is 18.4 Å². The van der Waals surface area contributed by atoms with Crippen molar-refractivity contribution < 1.29 is 13.7 Å². The molecule has 3 heterocycles. The molecule has 1 aliphatic rings. The second-order valence-electron chi connectivity index (χ2n) is 6.38. The number of rotatable bonds is 5. The highest BCUT2D eigenvalue weighted by Crippen LogP contribution is 2.27. The third-order valence-corrected chi connectivity index (χ3v) is 4.41. The van der Waals surface area contributed by atoms with Gasteiger partial charge in [0.15, 0.2) is 11.6 Å². The Morgan fingerprint density at radius 2 is 2.27 bits per heavy atom. The fraction of sp³-hybridized carbons (Fsp3) is 0.316. The van der Waals surface area contributed by atoms with Crippen molar-refractivity contribution in [3.63, 3.8) is 0 Å². The highest BCUT2D eigenvalue weighted by molar-refractivity contribution is 5.96. The van der Waals surface area contributed by atoms with Gasteiger partial charge in [0.25, 0.3) is 5.89 Å². The van der Waals surface area contributed by atoms with Crippen LogP contribution < -0.4 is 10.2 Å². The van der Waals surface area contributed by atoms with Gasteiger partial charge in [-0.2, -0.15) is 4.98 Å². The van der Waals surface area contributed by atoms with Crippen LogP contribution >= 0.6 is 0 Å². The fourth-order valence-corrected chi connectivity index (χ4v) is 3.19. The van der Waals surface area contributed by atoms with E-state index in [-0.39, 0.29) is 12.5 Å². The first-order valence-electron chi connectivity index (χ1n) is 8.68. The van der Waals surface area contributed by atoms with Gasteiger partial charge in [-0.25, -0.2) is 0 Å². The Labute approximate surface area is 151 Å². The second kappa shape index (κ2) is 7.13. The number of anilines is 1.